The van der Waals surface area contributed by atoms with E-state index in [2.05, 4.69) is 9.71 Å². The highest BCUT2D eigenvalue weighted by Gasteiger charge is 2.16. The maximum absolute atomic E-state index is 12.1. The van der Waals surface area contributed by atoms with E-state index in [9.17, 15) is 18.0 Å². The molecule has 10 heteroatoms. The normalized spacial score (nSPS) is 11.6. The average Bonchev–Trinajstić information content (AvgIpc) is 3.00. The van der Waals surface area contributed by atoms with Gasteiger partial charge < -0.3 is 4.74 Å². The predicted octanol–water partition coefficient (Wildman–Crippen LogP) is 1.39. The van der Waals surface area contributed by atoms with Crippen LogP contribution in [0.4, 0.5) is 0 Å². The molecular weight excluding hydrogens is 390 g/mol. The molecule has 0 radical (unpaired) electrons. The third kappa shape index (κ3) is 4.41. The Kier molecular flexibility index (Phi) is 5.40. The van der Waals surface area contributed by atoms with Crippen LogP contribution < -0.4 is 10.3 Å². The van der Waals surface area contributed by atoms with Gasteiger partial charge in [-0.15, -0.1) is 11.3 Å². The highest BCUT2D eigenvalue weighted by atomic mass is 32.2. The van der Waals surface area contributed by atoms with E-state index in [1.807, 2.05) is 6.92 Å². The summed E-state index contributed by atoms with van der Waals surface area (Å²) in [4.78, 5) is 28.7. The zero-order valence-corrected chi connectivity index (χ0v) is 16.3. The molecule has 0 atom stereocenters. The minimum atomic E-state index is -3.81. The first-order valence-electron chi connectivity index (χ1n) is 7.95. The second kappa shape index (κ2) is 7.59. The molecular formula is C17H17N3O5S2. The monoisotopic (exact) mass is 407 g/mol. The summed E-state index contributed by atoms with van der Waals surface area (Å²) in [6, 6.07) is 7.53. The molecule has 2 heterocycles. The number of carbonyl (C=O) groups excluding carboxylic acids is 1. The number of sulfonamides is 1. The Morgan fingerprint density at radius 3 is 2.67 bits per heavy atom. The molecule has 2 aromatic heterocycles. The number of aryl methyl sites for hydroxylation is 2. The number of hydrogen-bond acceptors (Lipinski definition) is 7. The van der Waals surface area contributed by atoms with Gasteiger partial charge in [0.15, 0.2) is 4.96 Å². The van der Waals surface area contributed by atoms with Crippen LogP contribution in [0.15, 0.2) is 45.4 Å². The van der Waals surface area contributed by atoms with Crippen molar-refractivity contribution in [3.63, 3.8) is 0 Å². The van der Waals surface area contributed by atoms with Crippen LogP contribution in [0.25, 0.3) is 4.96 Å². The third-order valence-corrected chi connectivity index (χ3v) is 6.11. The second-order valence-electron chi connectivity index (χ2n) is 5.88. The fraction of sp³-hybridized carbons (Fsp3) is 0.235. The third-order valence-electron chi connectivity index (χ3n) is 3.75. The average molecular weight is 407 g/mol. The lowest BCUT2D eigenvalue weighted by Gasteiger charge is -2.08. The summed E-state index contributed by atoms with van der Waals surface area (Å²) in [5.74, 6) is -0.768. The number of hydrogen-bond donors (Lipinski definition) is 1. The molecule has 0 saturated heterocycles. The van der Waals surface area contributed by atoms with E-state index in [1.54, 1.807) is 24.4 Å². The molecule has 142 valence electrons. The first kappa shape index (κ1) is 19.2. The van der Waals surface area contributed by atoms with Gasteiger partial charge in [-0.2, -0.15) is 4.72 Å². The second-order valence-corrected chi connectivity index (χ2v) is 8.48. The molecule has 0 unspecified atom stereocenters. The fourth-order valence-corrected chi connectivity index (χ4v) is 4.19. The zero-order chi connectivity index (χ0) is 19.6. The van der Waals surface area contributed by atoms with Crippen LogP contribution in [0.5, 0.6) is 0 Å². The number of carbonyl (C=O) groups is 1. The molecule has 0 saturated carbocycles. The van der Waals surface area contributed by atoms with Gasteiger partial charge >= 0.3 is 5.97 Å². The lowest BCUT2D eigenvalue weighted by atomic mass is 10.2. The van der Waals surface area contributed by atoms with E-state index in [0.29, 0.717) is 10.7 Å². The molecule has 0 spiro atoms. The summed E-state index contributed by atoms with van der Waals surface area (Å²) < 4.78 is 33.0. The lowest BCUT2D eigenvalue weighted by molar-refractivity contribution is -0.143. The number of thiazole rings is 1. The van der Waals surface area contributed by atoms with Crippen LogP contribution in [0, 0.1) is 13.8 Å². The molecule has 0 amide bonds. The number of fused-ring (bicyclic) bond motifs is 1. The minimum Gasteiger partial charge on any atom is -0.458 e. The molecule has 0 bridgehead atoms. The number of aromatic nitrogens is 2. The van der Waals surface area contributed by atoms with Crippen molar-refractivity contribution < 1.29 is 17.9 Å². The van der Waals surface area contributed by atoms with Crippen molar-refractivity contribution in [1.82, 2.24) is 14.1 Å². The van der Waals surface area contributed by atoms with Gasteiger partial charge in [-0.3, -0.25) is 14.0 Å². The Hall–Kier alpha value is -2.56. The van der Waals surface area contributed by atoms with E-state index < -0.39 is 22.5 Å². The van der Waals surface area contributed by atoms with Crippen molar-refractivity contribution in [2.75, 3.05) is 6.54 Å². The van der Waals surface area contributed by atoms with E-state index in [1.165, 1.54) is 33.9 Å². The number of benzene rings is 1. The summed E-state index contributed by atoms with van der Waals surface area (Å²) >= 11 is 1.31. The summed E-state index contributed by atoms with van der Waals surface area (Å²) in [6.07, 6.45) is 0. The van der Waals surface area contributed by atoms with Crippen LogP contribution in [-0.2, 0) is 26.2 Å². The maximum atomic E-state index is 12.1. The van der Waals surface area contributed by atoms with Gasteiger partial charge in [0.05, 0.1) is 10.6 Å². The fourth-order valence-electron chi connectivity index (χ4n) is 2.33. The standard InChI is InChI=1S/C17H17N3O5S2/c1-11-3-5-14(6-4-11)27(23,24)18-8-16(22)25-9-13-7-15(21)20-12(2)10-26-17(20)19-13/h3-7,10,18H,8-9H2,1-2H3. The van der Waals surface area contributed by atoms with Crippen molar-refractivity contribution in [2.45, 2.75) is 25.3 Å². The quantitative estimate of drug-likeness (QED) is 0.619. The molecule has 1 N–H and O–H groups in total. The van der Waals surface area contributed by atoms with Gasteiger partial charge in [0.25, 0.3) is 5.56 Å². The van der Waals surface area contributed by atoms with Crippen molar-refractivity contribution >= 4 is 32.3 Å². The van der Waals surface area contributed by atoms with Crippen LogP contribution in [0.3, 0.4) is 0 Å². The van der Waals surface area contributed by atoms with E-state index in [0.717, 1.165) is 11.3 Å². The summed E-state index contributed by atoms with van der Waals surface area (Å²) in [7, 11) is -3.81. The van der Waals surface area contributed by atoms with Gasteiger partial charge in [0.2, 0.25) is 10.0 Å². The number of esters is 1. The minimum absolute atomic E-state index is 0.0640. The molecule has 27 heavy (non-hydrogen) atoms. The van der Waals surface area contributed by atoms with Gasteiger partial charge in [-0.25, -0.2) is 13.4 Å². The molecule has 0 aliphatic heterocycles. The van der Waals surface area contributed by atoms with Crippen LogP contribution in [-0.4, -0.2) is 30.3 Å². The SMILES string of the molecule is Cc1ccc(S(=O)(=O)NCC(=O)OCc2cc(=O)n3c(C)csc3n2)cc1. The summed E-state index contributed by atoms with van der Waals surface area (Å²) in [5, 5.41) is 1.80. The molecule has 0 fully saturated rings. The number of nitrogens with one attached hydrogen (secondary N) is 1. The first-order chi connectivity index (χ1) is 12.8. The smallest absolute Gasteiger partial charge is 0.321 e. The van der Waals surface area contributed by atoms with Gasteiger partial charge in [0.1, 0.15) is 13.2 Å². The molecule has 1 aromatic carbocycles. The Balaban J connectivity index is 1.60. The van der Waals surface area contributed by atoms with Crippen molar-refractivity contribution in [3.8, 4) is 0 Å². The summed E-state index contributed by atoms with van der Waals surface area (Å²) in [6.45, 7) is 2.91. The Morgan fingerprint density at radius 1 is 1.26 bits per heavy atom. The highest BCUT2D eigenvalue weighted by molar-refractivity contribution is 7.89. The van der Waals surface area contributed by atoms with Crippen LogP contribution in [0.2, 0.25) is 0 Å². The maximum Gasteiger partial charge on any atom is 0.321 e. The van der Waals surface area contributed by atoms with Gasteiger partial charge in [0, 0.05) is 17.1 Å². The lowest BCUT2D eigenvalue weighted by Crippen LogP contribution is -2.30. The number of ether oxygens (including phenoxy) is 1. The van der Waals surface area contributed by atoms with E-state index in [4.69, 9.17) is 4.74 Å². The number of nitrogens with zero attached hydrogens (tertiary/aromatic N) is 2. The van der Waals surface area contributed by atoms with Crippen molar-refractivity contribution in [2.24, 2.45) is 0 Å². The van der Waals surface area contributed by atoms with E-state index in [-0.39, 0.29) is 17.1 Å². The van der Waals surface area contributed by atoms with Crippen LogP contribution in [0.1, 0.15) is 17.0 Å². The molecule has 8 nitrogen and oxygen atoms in total. The highest BCUT2D eigenvalue weighted by Crippen LogP contribution is 2.12. The number of rotatable bonds is 6. The molecule has 3 rings (SSSR count). The van der Waals surface area contributed by atoms with Gasteiger partial charge in [-0.1, -0.05) is 17.7 Å². The molecule has 0 aliphatic rings. The Morgan fingerprint density at radius 2 is 1.96 bits per heavy atom. The first-order valence-corrected chi connectivity index (χ1v) is 10.3. The summed E-state index contributed by atoms with van der Waals surface area (Å²) in [5.41, 5.74) is 1.75. The van der Waals surface area contributed by atoms with Crippen molar-refractivity contribution in [1.29, 1.82) is 0 Å². The molecule has 3 aromatic rings. The topological polar surface area (TPSA) is 107 Å². The van der Waals surface area contributed by atoms with Crippen molar-refractivity contribution in [3.05, 3.63) is 63.0 Å². The zero-order valence-electron chi connectivity index (χ0n) is 14.6. The molecule has 0 aliphatic carbocycles. The Bertz CT molecular complexity index is 1150. The van der Waals surface area contributed by atoms with Crippen LogP contribution >= 0.6 is 11.3 Å². The van der Waals surface area contributed by atoms with Gasteiger partial charge in [-0.05, 0) is 26.0 Å². The van der Waals surface area contributed by atoms with E-state index >= 15 is 0 Å². The largest absolute Gasteiger partial charge is 0.458 e. The predicted molar refractivity (Wildman–Crippen MR) is 100 cm³/mol. The Labute approximate surface area is 159 Å².